The minimum Gasteiger partial charge on any atom is -0.487 e. The van der Waals surface area contributed by atoms with Gasteiger partial charge in [-0.3, -0.25) is 9.11 Å². The van der Waals surface area contributed by atoms with Gasteiger partial charge in [-0.15, -0.1) is 0 Å². The highest BCUT2D eigenvalue weighted by molar-refractivity contribution is 7.94. The Morgan fingerprint density at radius 2 is 0.605 bits per heavy atom. The first-order valence-electron chi connectivity index (χ1n) is 27.7. The third-order valence-corrected chi connectivity index (χ3v) is 22.9. The van der Waals surface area contributed by atoms with Gasteiger partial charge in [0, 0.05) is 16.9 Å². The summed E-state index contributed by atoms with van der Waals surface area (Å²) in [5.41, 5.74) is 1.72. The molecule has 8 aromatic carbocycles. The molecule has 8 aromatic rings. The molecule has 8 rings (SSSR count). The van der Waals surface area contributed by atoms with Crippen LogP contribution < -0.4 is 18.9 Å². The fraction of sp³-hybridized carbons (Fsp3) is 0.294. The van der Waals surface area contributed by atoms with Crippen molar-refractivity contribution in [1.82, 2.24) is 0 Å². The fourth-order valence-corrected chi connectivity index (χ4v) is 14.2. The molecule has 454 valence electrons. The molecule has 2 N–H and O–H groups in total. The zero-order valence-corrected chi connectivity index (χ0v) is 54.0. The Bertz CT molecular complexity index is 4250. The molecule has 0 aliphatic rings. The van der Waals surface area contributed by atoms with Gasteiger partial charge in [0.1, 0.15) is 55.5 Å². The lowest BCUT2D eigenvalue weighted by molar-refractivity contribution is 0.000819. The van der Waals surface area contributed by atoms with Crippen LogP contribution in [0, 0.1) is 10.8 Å². The van der Waals surface area contributed by atoms with Crippen LogP contribution in [0.15, 0.2) is 211 Å². The van der Waals surface area contributed by atoms with Gasteiger partial charge in [0.05, 0.1) is 19.6 Å². The lowest BCUT2D eigenvalue weighted by Crippen LogP contribution is -2.47. The van der Waals surface area contributed by atoms with Crippen LogP contribution in [0.1, 0.15) is 108 Å². The first-order chi connectivity index (χ1) is 39.6. The van der Waals surface area contributed by atoms with Crippen molar-refractivity contribution in [3.63, 3.8) is 0 Å². The van der Waals surface area contributed by atoms with E-state index in [4.69, 9.17) is 18.9 Å². The van der Waals surface area contributed by atoms with Crippen molar-refractivity contribution in [2.45, 2.75) is 148 Å². The van der Waals surface area contributed by atoms with E-state index in [1.54, 1.807) is 100 Å². The summed E-state index contributed by atoms with van der Waals surface area (Å²) in [5.74, 6) is 2.23. The molecule has 0 aromatic heterocycles. The third kappa shape index (κ3) is 13.6. The van der Waals surface area contributed by atoms with Crippen LogP contribution in [-0.4, -0.2) is 54.0 Å². The topological polar surface area (TPSA) is 214 Å². The van der Waals surface area contributed by atoms with Crippen LogP contribution in [0.4, 0.5) is 0 Å². The molecule has 0 heterocycles. The van der Waals surface area contributed by atoms with E-state index in [1.165, 1.54) is 18.2 Å². The fourth-order valence-electron chi connectivity index (χ4n) is 9.07. The molecule has 0 aliphatic carbocycles. The van der Waals surface area contributed by atoms with E-state index in [0.29, 0.717) is 23.0 Å². The van der Waals surface area contributed by atoms with E-state index in [-0.39, 0.29) is 43.1 Å². The standard InChI is InChI=1S/C68H74O14S4/c1-63(2,3)65(7,8)49-23-37-57(38-24-49)83(69,70)58-39-34-53(35-40-58)79-51-26-15-45(16-27-51)48-21-32-55(33-22-48)82-68(13,14)66(9,10)50-25-41-59(61(43-50)85(73,74)75)84(71,72)60-42-36-56(44-62(60)86(76,77)78)80-52-28-17-46(18-29-52)47-19-30-54(31-20-47)81-67(11,12)64(4,5)6/h15-44H,1-14H3,(H,73,74,75)(H,76,77,78). The number of sulfone groups is 2. The van der Waals surface area contributed by atoms with Gasteiger partial charge >= 0.3 is 0 Å². The lowest BCUT2D eigenvalue weighted by Gasteiger charge is -2.42. The van der Waals surface area contributed by atoms with Gasteiger partial charge in [0.2, 0.25) is 19.7 Å². The number of rotatable bonds is 19. The van der Waals surface area contributed by atoms with Crippen LogP contribution in [-0.2, 0) is 50.7 Å². The molecule has 0 amide bonds. The van der Waals surface area contributed by atoms with Crippen LogP contribution in [0.3, 0.4) is 0 Å². The quantitative estimate of drug-likeness (QED) is 0.0721. The molecule has 0 saturated carbocycles. The molecule has 14 nitrogen and oxygen atoms in total. The van der Waals surface area contributed by atoms with Crippen LogP contribution >= 0.6 is 0 Å². The van der Waals surface area contributed by atoms with E-state index < -0.39 is 76.1 Å². The maximum absolute atomic E-state index is 14.4. The third-order valence-electron chi connectivity index (χ3n) is 17.2. The van der Waals surface area contributed by atoms with Gasteiger partial charge in [-0.05, 0) is 181 Å². The Hall–Kier alpha value is -7.32. The summed E-state index contributed by atoms with van der Waals surface area (Å²) in [7, 11) is -19.5. The minimum absolute atomic E-state index is 0.0319. The van der Waals surface area contributed by atoms with Crippen molar-refractivity contribution in [2.24, 2.45) is 10.8 Å². The monoisotopic (exact) mass is 1240 g/mol. The number of hydrogen-bond donors (Lipinski definition) is 2. The number of benzene rings is 8. The predicted octanol–water partition coefficient (Wildman–Crippen LogP) is 16.4. The van der Waals surface area contributed by atoms with Crippen LogP contribution in [0.25, 0.3) is 22.3 Å². The first-order valence-corrected chi connectivity index (χ1v) is 33.6. The Balaban J connectivity index is 0.937. The molecule has 0 spiro atoms. The van der Waals surface area contributed by atoms with Crippen LogP contribution in [0.5, 0.6) is 34.5 Å². The van der Waals surface area contributed by atoms with Crippen LogP contribution in [0.2, 0.25) is 0 Å². The second kappa shape index (κ2) is 23.1. The van der Waals surface area contributed by atoms with E-state index >= 15 is 0 Å². The average Bonchev–Trinajstić information content (AvgIpc) is 1.11. The predicted molar refractivity (Wildman–Crippen MR) is 335 cm³/mol. The Kier molecular flexibility index (Phi) is 17.4. The van der Waals surface area contributed by atoms with Gasteiger partial charge < -0.3 is 18.9 Å². The average molecular weight is 1240 g/mol. The summed E-state index contributed by atoms with van der Waals surface area (Å²) >= 11 is 0. The molecule has 0 unspecified atom stereocenters. The number of ether oxygens (including phenoxy) is 4. The van der Waals surface area contributed by atoms with Gasteiger partial charge in [-0.2, -0.15) is 16.8 Å². The molecule has 18 heteroatoms. The molecule has 0 aliphatic heterocycles. The van der Waals surface area contributed by atoms with Crippen molar-refractivity contribution in [1.29, 1.82) is 0 Å². The highest BCUT2D eigenvalue weighted by Gasteiger charge is 2.43. The summed E-state index contributed by atoms with van der Waals surface area (Å²) in [4.78, 5) is -3.67. The van der Waals surface area contributed by atoms with Gasteiger partial charge in [-0.25, -0.2) is 16.8 Å². The smallest absolute Gasteiger partial charge is 0.295 e. The van der Waals surface area contributed by atoms with E-state index in [1.807, 2.05) is 74.5 Å². The zero-order chi connectivity index (χ0) is 63.4. The molecular weight excluding hydrogens is 1170 g/mol. The molecule has 0 fully saturated rings. The number of hydrogen-bond acceptors (Lipinski definition) is 12. The molecular formula is C68H74O14S4. The first kappa shape index (κ1) is 64.7. The summed E-state index contributed by atoms with van der Waals surface area (Å²) < 4.78 is 154. The van der Waals surface area contributed by atoms with Crippen molar-refractivity contribution >= 4 is 39.9 Å². The minimum atomic E-state index is -5.31. The molecule has 0 saturated heterocycles. The summed E-state index contributed by atoms with van der Waals surface area (Å²) in [5, 5.41) is 0. The molecule has 0 atom stereocenters. The lowest BCUT2D eigenvalue weighted by atomic mass is 9.65. The highest BCUT2D eigenvalue weighted by Crippen LogP contribution is 2.44. The normalized spacial score (nSPS) is 13.3. The zero-order valence-electron chi connectivity index (χ0n) is 50.7. The SMILES string of the molecule is CC(C)(C)C(C)(C)Oc1ccc(-c2ccc(Oc3ccc(S(=O)(=O)c4ccc(C(C)(C)C(C)(C)Oc5ccc(-c6ccc(Oc7ccc(S(=O)(=O)c8ccc(C(C)(C)C(C)(C)C)cc8)cc7)cc6)cc5)cc4S(=O)(=O)O)c(S(=O)(=O)O)c3)cc2)cc1. The highest BCUT2D eigenvalue weighted by atomic mass is 32.2. The second-order valence-electron chi connectivity index (χ2n) is 25.5. The Morgan fingerprint density at radius 3 is 0.988 bits per heavy atom. The van der Waals surface area contributed by atoms with E-state index in [0.717, 1.165) is 58.1 Å². The van der Waals surface area contributed by atoms with Gasteiger partial charge in [0.15, 0.2) is 0 Å². The molecule has 0 bridgehead atoms. The van der Waals surface area contributed by atoms with Gasteiger partial charge in [-0.1, -0.05) is 136 Å². The van der Waals surface area contributed by atoms with Crippen molar-refractivity contribution in [2.75, 3.05) is 0 Å². The van der Waals surface area contributed by atoms with E-state index in [2.05, 4.69) is 55.4 Å². The summed E-state index contributed by atoms with van der Waals surface area (Å²) in [6.07, 6.45) is 0. The Morgan fingerprint density at radius 1 is 0.291 bits per heavy atom. The maximum Gasteiger partial charge on any atom is 0.295 e. The second-order valence-corrected chi connectivity index (χ2v) is 32.1. The summed E-state index contributed by atoms with van der Waals surface area (Å²) in [6.45, 7) is 28.2. The van der Waals surface area contributed by atoms with Crippen molar-refractivity contribution in [3.8, 4) is 56.8 Å². The van der Waals surface area contributed by atoms with E-state index in [9.17, 15) is 42.8 Å². The summed E-state index contributed by atoms with van der Waals surface area (Å²) in [6, 6.07) is 48.5. The molecule has 86 heavy (non-hydrogen) atoms. The maximum atomic E-state index is 14.4. The Labute approximate surface area is 507 Å². The van der Waals surface area contributed by atoms with Crippen molar-refractivity contribution < 1.29 is 61.7 Å². The van der Waals surface area contributed by atoms with Gasteiger partial charge in [0.25, 0.3) is 20.2 Å². The largest absolute Gasteiger partial charge is 0.487 e. The molecule has 0 radical (unpaired) electrons. The van der Waals surface area contributed by atoms with Crippen molar-refractivity contribution in [3.05, 3.63) is 193 Å².